The molecule has 112 valence electrons. The van der Waals surface area contributed by atoms with E-state index in [0.717, 1.165) is 28.9 Å². The fourth-order valence-corrected chi connectivity index (χ4v) is 2.64. The lowest BCUT2D eigenvalue weighted by Crippen LogP contribution is -2.14. The first-order chi connectivity index (χ1) is 10.0. The van der Waals surface area contributed by atoms with Gasteiger partial charge in [0.2, 0.25) is 5.95 Å². The smallest absolute Gasteiger partial charge is 0.224 e. The van der Waals surface area contributed by atoms with Crippen molar-refractivity contribution in [2.75, 3.05) is 23.8 Å². The van der Waals surface area contributed by atoms with Crippen LogP contribution >= 0.6 is 15.9 Å². The Kier molecular flexibility index (Phi) is 5.17. The van der Waals surface area contributed by atoms with Gasteiger partial charge in [0.05, 0.1) is 4.47 Å². The number of nitrogens with one attached hydrogen (secondary N) is 1. The number of nitrogens with zero attached hydrogens (tertiary/aromatic N) is 3. The SMILES string of the molecule is CCCNc1ncc(Br)c(N(C)c2cc(C)cc(C)c2)n1. The molecule has 4 nitrogen and oxygen atoms in total. The fourth-order valence-electron chi connectivity index (χ4n) is 2.18. The summed E-state index contributed by atoms with van der Waals surface area (Å²) < 4.78 is 0.881. The van der Waals surface area contributed by atoms with Crippen LogP contribution < -0.4 is 10.2 Å². The number of benzene rings is 1. The second kappa shape index (κ2) is 6.89. The highest BCUT2D eigenvalue weighted by Crippen LogP contribution is 2.30. The van der Waals surface area contributed by atoms with Gasteiger partial charge in [-0.05, 0) is 59.5 Å². The van der Waals surface area contributed by atoms with E-state index in [2.05, 4.69) is 75.1 Å². The molecule has 0 saturated carbocycles. The molecule has 2 rings (SSSR count). The van der Waals surface area contributed by atoms with Crippen molar-refractivity contribution >= 4 is 33.4 Å². The normalized spacial score (nSPS) is 10.5. The third-order valence-corrected chi connectivity index (χ3v) is 3.73. The molecule has 0 saturated heterocycles. The first-order valence-electron chi connectivity index (χ1n) is 7.09. The van der Waals surface area contributed by atoms with Gasteiger partial charge < -0.3 is 10.2 Å². The molecule has 0 atom stereocenters. The Morgan fingerprint density at radius 3 is 2.48 bits per heavy atom. The molecule has 1 aromatic carbocycles. The standard InChI is InChI=1S/C16H21BrN4/c1-5-6-18-16-19-10-14(17)15(20-16)21(4)13-8-11(2)7-12(3)9-13/h7-10H,5-6H2,1-4H3,(H,18,19,20). The molecule has 0 bridgehead atoms. The molecule has 2 aromatic rings. The van der Waals surface area contributed by atoms with Gasteiger partial charge in [0.15, 0.2) is 5.82 Å². The van der Waals surface area contributed by atoms with E-state index in [1.807, 2.05) is 7.05 Å². The van der Waals surface area contributed by atoms with E-state index in [9.17, 15) is 0 Å². The molecule has 0 aliphatic carbocycles. The van der Waals surface area contributed by atoms with Crippen molar-refractivity contribution in [3.63, 3.8) is 0 Å². The minimum absolute atomic E-state index is 0.659. The van der Waals surface area contributed by atoms with Gasteiger partial charge in [-0.15, -0.1) is 0 Å². The molecule has 1 heterocycles. The Hall–Kier alpha value is -1.62. The molecular formula is C16H21BrN4. The van der Waals surface area contributed by atoms with Crippen LogP contribution in [-0.4, -0.2) is 23.6 Å². The van der Waals surface area contributed by atoms with Crippen LogP contribution in [0, 0.1) is 13.8 Å². The number of hydrogen-bond donors (Lipinski definition) is 1. The van der Waals surface area contributed by atoms with Gasteiger partial charge in [0.25, 0.3) is 0 Å². The summed E-state index contributed by atoms with van der Waals surface area (Å²) in [5, 5.41) is 3.22. The Morgan fingerprint density at radius 1 is 1.19 bits per heavy atom. The molecule has 0 aliphatic rings. The summed E-state index contributed by atoms with van der Waals surface area (Å²) in [5.41, 5.74) is 3.60. The van der Waals surface area contributed by atoms with E-state index in [4.69, 9.17) is 0 Å². The molecule has 1 aromatic heterocycles. The zero-order valence-electron chi connectivity index (χ0n) is 12.9. The lowest BCUT2D eigenvalue weighted by molar-refractivity contribution is 0.946. The Morgan fingerprint density at radius 2 is 1.86 bits per heavy atom. The molecule has 0 amide bonds. The Bertz CT molecular complexity index is 607. The topological polar surface area (TPSA) is 41.1 Å². The van der Waals surface area contributed by atoms with Crippen LogP contribution in [0.3, 0.4) is 0 Å². The van der Waals surface area contributed by atoms with Gasteiger partial charge in [-0.3, -0.25) is 0 Å². The number of aromatic nitrogens is 2. The van der Waals surface area contributed by atoms with Crippen LogP contribution in [0.15, 0.2) is 28.9 Å². The van der Waals surface area contributed by atoms with Crippen LogP contribution in [0.1, 0.15) is 24.5 Å². The van der Waals surface area contributed by atoms with Crippen molar-refractivity contribution in [3.8, 4) is 0 Å². The molecule has 0 aliphatic heterocycles. The van der Waals surface area contributed by atoms with Crippen LogP contribution in [-0.2, 0) is 0 Å². The first-order valence-corrected chi connectivity index (χ1v) is 7.89. The highest BCUT2D eigenvalue weighted by Gasteiger charge is 2.12. The van der Waals surface area contributed by atoms with Crippen molar-refractivity contribution in [1.82, 2.24) is 9.97 Å². The zero-order valence-corrected chi connectivity index (χ0v) is 14.5. The van der Waals surface area contributed by atoms with Crippen LogP contribution in [0.5, 0.6) is 0 Å². The number of rotatable bonds is 5. The lowest BCUT2D eigenvalue weighted by Gasteiger charge is -2.21. The fraction of sp³-hybridized carbons (Fsp3) is 0.375. The molecular weight excluding hydrogens is 328 g/mol. The monoisotopic (exact) mass is 348 g/mol. The minimum Gasteiger partial charge on any atom is -0.354 e. The maximum Gasteiger partial charge on any atom is 0.224 e. The zero-order chi connectivity index (χ0) is 15.4. The third kappa shape index (κ3) is 3.94. The summed E-state index contributed by atoms with van der Waals surface area (Å²) in [4.78, 5) is 11.0. The van der Waals surface area contributed by atoms with Crippen molar-refractivity contribution in [2.24, 2.45) is 0 Å². The van der Waals surface area contributed by atoms with Crippen LogP contribution in [0.25, 0.3) is 0 Å². The number of hydrogen-bond acceptors (Lipinski definition) is 4. The quantitative estimate of drug-likeness (QED) is 0.866. The largest absolute Gasteiger partial charge is 0.354 e. The van der Waals surface area contributed by atoms with Crippen molar-refractivity contribution in [2.45, 2.75) is 27.2 Å². The molecule has 0 unspecified atom stereocenters. The maximum absolute atomic E-state index is 4.60. The molecule has 5 heteroatoms. The first kappa shape index (κ1) is 15.8. The number of aryl methyl sites for hydroxylation is 2. The van der Waals surface area contributed by atoms with Gasteiger partial charge >= 0.3 is 0 Å². The average molecular weight is 349 g/mol. The van der Waals surface area contributed by atoms with Gasteiger partial charge in [0.1, 0.15) is 0 Å². The van der Waals surface area contributed by atoms with Gasteiger partial charge in [0, 0.05) is 25.5 Å². The van der Waals surface area contributed by atoms with Gasteiger partial charge in [-0.2, -0.15) is 4.98 Å². The minimum atomic E-state index is 0.659. The number of anilines is 3. The summed E-state index contributed by atoms with van der Waals surface area (Å²) >= 11 is 3.54. The van der Waals surface area contributed by atoms with E-state index in [1.54, 1.807) is 6.20 Å². The van der Waals surface area contributed by atoms with E-state index < -0.39 is 0 Å². The second-order valence-corrected chi connectivity index (χ2v) is 6.05. The third-order valence-electron chi connectivity index (χ3n) is 3.17. The van der Waals surface area contributed by atoms with E-state index in [1.165, 1.54) is 11.1 Å². The molecule has 0 spiro atoms. The van der Waals surface area contributed by atoms with Crippen molar-refractivity contribution < 1.29 is 0 Å². The van der Waals surface area contributed by atoms with Gasteiger partial charge in [-0.25, -0.2) is 4.98 Å². The molecule has 1 N–H and O–H groups in total. The highest BCUT2D eigenvalue weighted by molar-refractivity contribution is 9.10. The molecule has 0 radical (unpaired) electrons. The van der Waals surface area contributed by atoms with Crippen LogP contribution in [0.2, 0.25) is 0 Å². The predicted molar refractivity (Wildman–Crippen MR) is 92.5 cm³/mol. The van der Waals surface area contributed by atoms with E-state index in [0.29, 0.717) is 5.95 Å². The summed E-state index contributed by atoms with van der Waals surface area (Å²) in [5.74, 6) is 1.51. The highest BCUT2D eigenvalue weighted by atomic mass is 79.9. The summed E-state index contributed by atoms with van der Waals surface area (Å²) in [7, 11) is 2.02. The average Bonchev–Trinajstić information content (AvgIpc) is 2.44. The van der Waals surface area contributed by atoms with Crippen LogP contribution in [0.4, 0.5) is 17.5 Å². The molecule has 0 fully saturated rings. The van der Waals surface area contributed by atoms with E-state index in [-0.39, 0.29) is 0 Å². The maximum atomic E-state index is 4.60. The number of halogens is 1. The van der Waals surface area contributed by atoms with Crippen molar-refractivity contribution in [3.05, 3.63) is 40.0 Å². The Balaban J connectivity index is 2.35. The van der Waals surface area contributed by atoms with Crippen molar-refractivity contribution in [1.29, 1.82) is 0 Å². The van der Waals surface area contributed by atoms with E-state index >= 15 is 0 Å². The second-order valence-electron chi connectivity index (χ2n) is 5.20. The Labute approximate surface area is 134 Å². The summed E-state index contributed by atoms with van der Waals surface area (Å²) in [6, 6.07) is 6.47. The lowest BCUT2D eigenvalue weighted by atomic mass is 10.1. The molecule has 21 heavy (non-hydrogen) atoms. The predicted octanol–water partition coefficient (Wildman–Crippen LogP) is 4.45. The summed E-state index contributed by atoms with van der Waals surface area (Å²) in [6.45, 7) is 7.20. The van der Waals surface area contributed by atoms with Gasteiger partial charge in [-0.1, -0.05) is 13.0 Å². The summed E-state index contributed by atoms with van der Waals surface area (Å²) in [6.07, 6.45) is 2.83.